The Bertz CT molecular complexity index is 1310. The molecule has 0 radical (unpaired) electrons. The monoisotopic (exact) mass is 552 g/mol. The minimum Gasteiger partial charge on any atom is -0.472 e. The molecule has 8 heteroatoms. The highest BCUT2D eigenvalue weighted by molar-refractivity contribution is 5.90. The molecule has 5 aliphatic rings. The minimum atomic E-state index is -0.766. The van der Waals surface area contributed by atoms with Crippen molar-refractivity contribution in [1.29, 1.82) is 0 Å². The third-order valence-electron chi connectivity index (χ3n) is 11.5. The van der Waals surface area contributed by atoms with Crippen LogP contribution in [0.1, 0.15) is 72.3 Å². The van der Waals surface area contributed by atoms with Crippen molar-refractivity contribution in [1.82, 2.24) is 0 Å². The zero-order chi connectivity index (χ0) is 28.8. The van der Waals surface area contributed by atoms with Crippen molar-refractivity contribution in [3.8, 4) is 0 Å². The summed E-state index contributed by atoms with van der Waals surface area (Å²) < 4.78 is 30.3. The Morgan fingerprint density at radius 3 is 2.62 bits per heavy atom. The van der Waals surface area contributed by atoms with E-state index >= 15 is 0 Å². The maximum atomic E-state index is 13.7. The van der Waals surface area contributed by atoms with Crippen LogP contribution in [0.3, 0.4) is 0 Å². The molecule has 216 valence electrons. The van der Waals surface area contributed by atoms with Crippen molar-refractivity contribution in [3.63, 3.8) is 0 Å². The summed E-state index contributed by atoms with van der Waals surface area (Å²) in [5, 5.41) is 0. The van der Waals surface area contributed by atoms with E-state index in [4.69, 9.17) is 23.4 Å². The van der Waals surface area contributed by atoms with Crippen LogP contribution in [0.4, 0.5) is 0 Å². The normalized spacial score (nSPS) is 43.8. The molecule has 3 heterocycles. The quantitative estimate of drug-likeness (QED) is 0.288. The van der Waals surface area contributed by atoms with Crippen molar-refractivity contribution in [2.24, 2.45) is 28.1 Å². The lowest BCUT2D eigenvalue weighted by atomic mass is 9.40. The number of methoxy groups -OCH3 is 1. The molecule has 2 saturated carbocycles. The Hall–Kier alpha value is -2.71. The number of carbonyl (C=O) groups excluding carboxylic acids is 3. The first-order valence-electron chi connectivity index (χ1n) is 14.4. The Morgan fingerprint density at radius 2 is 1.98 bits per heavy atom. The molecule has 10 atom stereocenters. The van der Waals surface area contributed by atoms with Crippen molar-refractivity contribution < 1.29 is 37.7 Å². The molecule has 40 heavy (non-hydrogen) atoms. The molecule has 0 bridgehead atoms. The van der Waals surface area contributed by atoms with Gasteiger partial charge in [-0.1, -0.05) is 32.4 Å². The molecule has 6 rings (SSSR count). The largest absolute Gasteiger partial charge is 0.472 e. The molecule has 1 aromatic rings. The van der Waals surface area contributed by atoms with Crippen LogP contribution in [0.2, 0.25) is 0 Å². The molecule has 0 amide bonds. The summed E-state index contributed by atoms with van der Waals surface area (Å²) in [6.45, 7) is 12.2. The molecule has 0 spiro atoms. The number of carbonyl (C=O) groups is 3. The average Bonchev–Trinajstić information content (AvgIpc) is 3.70. The zero-order valence-corrected chi connectivity index (χ0v) is 24.4. The standard InChI is InChI=1S/C32H40O8/c1-8-16(2)29(35)40-23-13-22(33)30(4)15-38-26-27(30)31(23,5)21(12-24(34)36-7)32(6)25-17(3)19(18-9-10-37-14-18)11-20(25)39-28(26)32/h8-10,14,19-21,23,26-28H,11-13,15H2,1-7H3/b16-8+/t19-,20-,21-,23+,26-,27+,28-,30-,31+,32-/m1/s1. The minimum absolute atomic E-state index is 0.0300. The lowest BCUT2D eigenvalue weighted by molar-refractivity contribution is -0.229. The molecule has 4 fully saturated rings. The molecule has 2 saturated heterocycles. The van der Waals surface area contributed by atoms with Crippen LogP contribution < -0.4 is 0 Å². The van der Waals surface area contributed by atoms with Crippen LogP contribution in [0.5, 0.6) is 0 Å². The Balaban J connectivity index is 1.55. The van der Waals surface area contributed by atoms with E-state index in [-0.39, 0.29) is 67.3 Å². The van der Waals surface area contributed by atoms with Gasteiger partial charge in [0.25, 0.3) is 0 Å². The number of fused-ring (bicyclic) bond motifs is 4. The molecule has 2 aliphatic heterocycles. The molecular weight excluding hydrogens is 512 g/mol. The van der Waals surface area contributed by atoms with Crippen molar-refractivity contribution in [2.45, 2.75) is 91.1 Å². The van der Waals surface area contributed by atoms with Gasteiger partial charge in [-0.05, 0) is 50.3 Å². The second-order valence-corrected chi connectivity index (χ2v) is 13.1. The van der Waals surface area contributed by atoms with Crippen LogP contribution in [-0.4, -0.2) is 55.9 Å². The van der Waals surface area contributed by atoms with Gasteiger partial charge in [0, 0.05) is 41.1 Å². The third-order valence-corrected chi connectivity index (χ3v) is 11.5. The van der Waals surface area contributed by atoms with Crippen molar-refractivity contribution in [3.05, 3.63) is 47.0 Å². The van der Waals surface area contributed by atoms with Gasteiger partial charge in [-0.2, -0.15) is 0 Å². The maximum Gasteiger partial charge on any atom is 0.333 e. The SMILES string of the molecule is C/C=C(\C)C(=O)O[C@H]1CC(=O)[C@@]2(C)CO[C@H]3[C@H]4O[C@@H]5C[C@@H](c6ccoc6)C(C)=C5[C@@]4(C)[C@H](CC(=O)OC)[C@]1(C)[C@@H]32. The zero-order valence-electron chi connectivity index (χ0n) is 24.4. The fourth-order valence-electron chi connectivity index (χ4n) is 9.46. The molecule has 0 aromatic carbocycles. The highest BCUT2D eigenvalue weighted by Gasteiger charge is 2.78. The van der Waals surface area contributed by atoms with E-state index in [1.165, 1.54) is 18.3 Å². The van der Waals surface area contributed by atoms with E-state index in [1.54, 1.807) is 32.4 Å². The summed E-state index contributed by atoms with van der Waals surface area (Å²) in [5.74, 6) is -1.21. The molecule has 8 nitrogen and oxygen atoms in total. The number of Topliss-reactive ketones (excluding diaryl/α,β-unsaturated/α-hetero) is 1. The van der Waals surface area contributed by atoms with E-state index in [0.717, 1.165) is 12.0 Å². The molecular formula is C32H40O8. The van der Waals surface area contributed by atoms with Gasteiger partial charge in [-0.3, -0.25) is 9.59 Å². The molecule has 0 unspecified atom stereocenters. The smallest absolute Gasteiger partial charge is 0.333 e. The van der Waals surface area contributed by atoms with Gasteiger partial charge < -0.3 is 23.4 Å². The fourth-order valence-corrected chi connectivity index (χ4v) is 9.46. The van der Waals surface area contributed by atoms with Crippen LogP contribution in [0, 0.1) is 28.1 Å². The number of allylic oxidation sites excluding steroid dienone is 2. The molecule has 3 aliphatic carbocycles. The first kappa shape index (κ1) is 27.5. The lowest BCUT2D eigenvalue weighted by Crippen LogP contribution is -2.70. The van der Waals surface area contributed by atoms with Crippen LogP contribution >= 0.6 is 0 Å². The van der Waals surface area contributed by atoms with E-state index in [0.29, 0.717) is 5.57 Å². The average molecular weight is 553 g/mol. The Kier molecular flexibility index (Phi) is 6.28. The third kappa shape index (κ3) is 3.41. The number of hydrogen-bond donors (Lipinski definition) is 0. The summed E-state index contributed by atoms with van der Waals surface area (Å²) in [7, 11) is 1.40. The predicted octanol–water partition coefficient (Wildman–Crippen LogP) is 4.93. The van der Waals surface area contributed by atoms with Gasteiger partial charge in [-0.25, -0.2) is 4.79 Å². The first-order chi connectivity index (χ1) is 18.9. The number of rotatable bonds is 5. The molecule has 0 N–H and O–H groups in total. The van der Waals surface area contributed by atoms with Gasteiger partial charge in [0.1, 0.15) is 11.9 Å². The number of ketones is 1. The van der Waals surface area contributed by atoms with E-state index in [1.807, 2.05) is 13.0 Å². The van der Waals surface area contributed by atoms with Gasteiger partial charge in [-0.15, -0.1) is 0 Å². The second kappa shape index (κ2) is 9.15. The van der Waals surface area contributed by atoms with Crippen molar-refractivity contribution in [2.75, 3.05) is 13.7 Å². The molecule has 1 aromatic heterocycles. The Morgan fingerprint density at radius 1 is 1.23 bits per heavy atom. The summed E-state index contributed by atoms with van der Waals surface area (Å²) in [4.78, 5) is 40.1. The fraction of sp³-hybridized carbons (Fsp3) is 0.656. The van der Waals surface area contributed by atoms with Crippen LogP contribution in [0.25, 0.3) is 0 Å². The van der Waals surface area contributed by atoms with Gasteiger partial charge in [0.2, 0.25) is 0 Å². The second-order valence-electron chi connectivity index (χ2n) is 13.1. The topological polar surface area (TPSA) is 101 Å². The van der Waals surface area contributed by atoms with E-state index in [9.17, 15) is 14.4 Å². The number of furan rings is 1. The highest BCUT2D eigenvalue weighted by atomic mass is 16.6. The van der Waals surface area contributed by atoms with Gasteiger partial charge >= 0.3 is 11.9 Å². The Labute approximate surface area is 235 Å². The van der Waals surface area contributed by atoms with Crippen molar-refractivity contribution >= 4 is 17.7 Å². The maximum absolute atomic E-state index is 13.7. The predicted molar refractivity (Wildman–Crippen MR) is 144 cm³/mol. The summed E-state index contributed by atoms with van der Waals surface area (Å²) in [6, 6.07) is 2.00. The summed E-state index contributed by atoms with van der Waals surface area (Å²) in [5.41, 5.74) is 1.87. The number of esters is 2. The van der Waals surface area contributed by atoms with Gasteiger partial charge in [0.05, 0.1) is 50.0 Å². The number of hydrogen-bond acceptors (Lipinski definition) is 8. The van der Waals surface area contributed by atoms with E-state index < -0.39 is 28.3 Å². The lowest BCUT2D eigenvalue weighted by Gasteiger charge is -2.63. The van der Waals surface area contributed by atoms with Gasteiger partial charge in [0.15, 0.2) is 0 Å². The summed E-state index contributed by atoms with van der Waals surface area (Å²) in [6.07, 6.45) is 4.59. The van der Waals surface area contributed by atoms with E-state index in [2.05, 4.69) is 20.8 Å². The van der Waals surface area contributed by atoms with Crippen LogP contribution in [-0.2, 0) is 33.3 Å². The summed E-state index contributed by atoms with van der Waals surface area (Å²) >= 11 is 0. The number of ether oxygens (including phenoxy) is 4. The van der Waals surface area contributed by atoms with Crippen LogP contribution in [0.15, 0.2) is 45.8 Å². The highest BCUT2D eigenvalue weighted by Crippen LogP contribution is 2.73. The first-order valence-corrected chi connectivity index (χ1v) is 14.4.